The molecule has 1 saturated heterocycles. The molecule has 1 aliphatic rings. The molecule has 2 rings (SSSR count). The Kier molecular flexibility index (Phi) is 3.69. The van der Waals surface area contributed by atoms with Crippen LogP contribution < -0.4 is 5.32 Å². The second-order valence-corrected chi connectivity index (χ2v) is 5.23. The van der Waals surface area contributed by atoms with E-state index >= 15 is 0 Å². The lowest BCUT2D eigenvalue weighted by Gasteiger charge is -2.37. The third kappa shape index (κ3) is 2.79. The minimum absolute atomic E-state index is 0.100. The lowest BCUT2D eigenvalue weighted by Crippen LogP contribution is -2.52. The van der Waals surface area contributed by atoms with Crippen molar-refractivity contribution >= 4 is 22.0 Å². The summed E-state index contributed by atoms with van der Waals surface area (Å²) in [5, 5.41) is 12.5. The molecule has 0 aromatic heterocycles. The first-order valence-electron chi connectivity index (χ1n) is 5.56. The number of benzene rings is 1. The van der Waals surface area contributed by atoms with Gasteiger partial charge in [0, 0.05) is 23.6 Å². The number of carboxylic acid groups (broad SMARTS) is 1. The van der Waals surface area contributed by atoms with Gasteiger partial charge >= 0.3 is 6.09 Å². The topological polar surface area (TPSA) is 52.6 Å². The molecule has 0 spiro atoms. The number of rotatable bonds is 1. The zero-order valence-electron chi connectivity index (χ0n) is 9.56. The molecule has 1 amide bonds. The van der Waals surface area contributed by atoms with Crippen molar-refractivity contribution in [3.63, 3.8) is 0 Å². The first-order chi connectivity index (χ1) is 8.08. The van der Waals surface area contributed by atoms with Crippen LogP contribution in [-0.2, 0) is 0 Å². The average molecular weight is 299 g/mol. The number of nitrogens with zero attached hydrogens (tertiary/aromatic N) is 1. The van der Waals surface area contributed by atoms with Gasteiger partial charge in [0.25, 0.3) is 0 Å². The van der Waals surface area contributed by atoms with E-state index in [0.717, 1.165) is 10.0 Å². The molecule has 1 heterocycles. The smallest absolute Gasteiger partial charge is 0.407 e. The highest BCUT2D eigenvalue weighted by Gasteiger charge is 2.30. The van der Waals surface area contributed by atoms with Crippen molar-refractivity contribution < 1.29 is 9.90 Å². The van der Waals surface area contributed by atoms with Gasteiger partial charge in [-0.15, -0.1) is 0 Å². The van der Waals surface area contributed by atoms with E-state index in [4.69, 9.17) is 0 Å². The lowest BCUT2D eigenvalue weighted by molar-refractivity contribution is 0.101. The van der Waals surface area contributed by atoms with Crippen molar-refractivity contribution in [1.29, 1.82) is 0 Å². The van der Waals surface area contributed by atoms with E-state index in [0.29, 0.717) is 13.1 Å². The normalized spacial score (nSPS) is 24.7. The third-order valence-electron chi connectivity index (χ3n) is 3.01. The largest absolute Gasteiger partial charge is 0.465 e. The van der Waals surface area contributed by atoms with E-state index in [1.54, 1.807) is 0 Å². The molecule has 0 saturated carbocycles. The van der Waals surface area contributed by atoms with Crippen LogP contribution in [0, 0.1) is 0 Å². The van der Waals surface area contributed by atoms with E-state index < -0.39 is 6.09 Å². The minimum atomic E-state index is -0.855. The fourth-order valence-electron chi connectivity index (χ4n) is 2.10. The first kappa shape index (κ1) is 12.4. The first-order valence-corrected chi connectivity index (χ1v) is 6.35. The summed E-state index contributed by atoms with van der Waals surface area (Å²) < 4.78 is 1.00. The quantitative estimate of drug-likeness (QED) is 0.837. The number of halogens is 1. The molecule has 0 bridgehead atoms. The molecule has 4 nitrogen and oxygen atoms in total. The molecule has 1 aliphatic heterocycles. The van der Waals surface area contributed by atoms with Gasteiger partial charge < -0.3 is 10.4 Å². The third-order valence-corrected chi connectivity index (χ3v) is 3.54. The predicted octanol–water partition coefficient (Wildman–Crippen LogP) is 2.46. The highest BCUT2D eigenvalue weighted by Crippen LogP contribution is 2.25. The van der Waals surface area contributed by atoms with Gasteiger partial charge in [0.15, 0.2) is 0 Å². The average Bonchev–Trinajstić information content (AvgIpc) is 2.30. The molecule has 1 fully saturated rings. The summed E-state index contributed by atoms with van der Waals surface area (Å²) >= 11 is 3.38. The van der Waals surface area contributed by atoms with Gasteiger partial charge in [-0.05, 0) is 24.6 Å². The predicted molar refractivity (Wildman–Crippen MR) is 69.1 cm³/mol. The van der Waals surface area contributed by atoms with Crippen molar-refractivity contribution in [2.45, 2.75) is 19.0 Å². The molecular weight excluding hydrogens is 284 g/mol. The standard InChI is InChI=1S/C12H15BrN2O2/c1-8-7-15(12(16)17)11(6-14-8)9-2-4-10(13)5-3-9/h2-5,8,11,14H,6-7H2,1H3,(H,16,17)/t8-,11-/m1/s1. The van der Waals surface area contributed by atoms with Crippen LogP contribution in [-0.4, -0.2) is 35.2 Å². The maximum Gasteiger partial charge on any atom is 0.407 e. The highest BCUT2D eigenvalue weighted by atomic mass is 79.9. The summed E-state index contributed by atoms with van der Waals surface area (Å²) in [5.74, 6) is 0. The second-order valence-electron chi connectivity index (χ2n) is 4.31. The van der Waals surface area contributed by atoms with Crippen molar-refractivity contribution in [2.24, 2.45) is 0 Å². The Morgan fingerprint density at radius 1 is 1.47 bits per heavy atom. The molecule has 1 aromatic carbocycles. The van der Waals surface area contributed by atoms with Gasteiger partial charge in [-0.3, -0.25) is 4.90 Å². The Morgan fingerprint density at radius 3 is 2.71 bits per heavy atom. The summed E-state index contributed by atoms with van der Waals surface area (Å²) in [6.45, 7) is 3.18. The van der Waals surface area contributed by atoms with Crippen LogP contribution in [0.15, 0.2) is 28.7 Å². The number of amides is 1. The van der Waals surface area contributed by atoms with Crippen LogP contribution >= 0.6 is 15.9 Å². The van der Waals surface area contributed by atoms with Crippen molar-refractivity contribution in [3.8, 4) is 0 Å². The molecule has 1 aromatic rings. The number of nitrogens with one attached hydrogen (secondary N) is 1. The Hall–Kier alpha value is -1.07. The van der Waals surface area contributed by atoms with Crippen LogP contribution in [0.1, 0.15) is 18.5 Å². The van der Waals surface area contributed by atoms with Gasteiger partial charge in [0.05, 0.1) is 6.04 Å². The molecule has 2 N–H and O–H groups in total. The number of hydrogen-bond donors (Lipinski definition) is 2. The van der Waals surface area contributed by atoms with Crippen molar-refractivity contribution in [1.82, 2.24) is 10.2 Å². The van der Waals surface area contributed by atoms with E-state index in [2.05, 4.69) is 21.2 Å². The van der Waals surface area contributed by atoms with E-state index in [-0.39, 0.29) is 12.1 Å². The fraction of sp³-hybridized carbons (Fsp3) is 0.417. The van der Waals surface area contributed by atoms with Crippen molar-refractivity contribution in [2.75, 3.05) is 13.1 Å². The van der Waals surface area contributed by atoms with Crippen LogP contribution in [0.2, 0.25) is 0 Å². The zero-order chi connectivity index (χ0) is 12.4. The van der Waals surface area contributed by atoms with Crippen LogP contribution in [0.3, 0.4) is 0 Å². The van der Waals surface area contributed by atoms with Gasteiger partial charge in [-0.2, -0.15) is 0 Å². The summed E-state index contributed by atoms with van der Waals surface area (Å²) in [4.78, 5) is 12.7. The molecular formula is C12H15BrN2O2. The second kappa shape index (κ2) is 5.06. The molecule has 92 valence electrons. The zero-order valence-corrected chi connectivity index (χ0v) is 11.1. The maximum atomic E-state index is 11.2. The van der Waals surface area contributed by atoms with E-state index in [1.807, 2.05) is 31.2 Å². The molecule has 0 aliphatic carbocycles. The number of piperazine rings is 1. The molecule has 0 unspecified atom stereocenters. The Bertz CT molecular complexity index is 407. The van der Waals surface area contributed by atoms with E-state index in [9.17, 15) is 9.90 Å². The maximum absolute atomic E-state index is 11.2. The lowest BCUT2D eigenvalue weighted by atomic mass is 10.0. The van der Waals surface area contributed by atoms with E-state index in [1.165, 1.54) is 4.90 Å². The van der Waals surface area contributed by atoms with Gasteiger partial charge in [0.1, 0.15) is 0 Å². The summed E-state index contributed by atoms with van der Waals surface area (Å²) in [6.07, 6.45) is -0.855. The Balaban J connectivity index is 2.23. The summed E-state index contributed by atoms with van der Waals surface area (Å²) in [7, 11) is 0. The Labute approximate surface area is 109 Å². The molecule has 2 atom stereocenters. The van der Waals surface area contributed by atoms with Gasteiger partial charge in [0.2, 0.25) is 0 Å². The summed E-state index contributed by atoms with van der Waals surface area (Å²) in [6, 6.07) is 7.90. The molecule has 5 heteroatoms. The monoisotopic (exact) mass is 298 g/mol. The van der Waals surface area contributed by atoms with Crippen LogP contribution in [0.4, 0.5) is 4.79 Å². The molecule has 17 heavy (non-hydrogen) atoms. The fourth-order valence-corrected chi connectivity index (χ4v) is 2.37. The SMILES string of the molecule is C[C@@H]1CN(C(=O)O)[C@@H](c2ccc(Br)cc2)CN1. The highest BCUT2D eigenvalue weighted by molar-refractivity contribution is 9.10. The minimum Gasteiger partial charge on any atom is -0.465 e. The molecule has 0 radical (unpaired) electrons. The summed E-state index contributed by atoms with van der Waals surface area (Å²) in [5.41, 5.74) is 1.02. The number of carbonyl (C=O) groups is 1. The van der Waals surface area contributed by atoms with Gasteiger partial charge in [-0.1, -0.05) is 28.1 Å². The van der Waals surface area contributed by atoms with Crippen molar-refractivity contribution in [3.05, 3.63) is 34.3 Å². The Morgan fingerprint density at radius 2 is 2.12 bits per heavy atom. The van der Waals surface area contributed by atoms with Gasteiger partial charge in [-0.25, -0.2) is 4.79 Å². The number of hydrogen-bond acceptors (Lipinski definition) is 2. The van der Waals surface area contributed by atoms with Crippen LogP contribution in [0.25, 0.3) is 0 Å². The van der Waals surface area contributed by atoms with Crippen LogP contribution in [0.5, 0.6) is 0 Å².